The van der Waals surface area contributed by atoms with Crippen LogP contribution in [0.15, 0.2) is 42.6 Å². The van der Waals surface area contributed by atoms with E-state index < -0.39 is 10.0 Å². The van der Waals surface area contributed by atoms with Crippen LogP contribution in [-0.4, -0.2) is 43.1 Å². The SMILES string of the molecule is CS(=O)(=O)N[C@@H]1CCCN[C@@H]1Cn1ccc(-c2ccccc2)n1. The highest BCUT2D eigenvalue weighted by molar-refractivity contribution is 7.88. The molecule has 1 aromatic carbocycles. The van der Waals surface area contributed by atoms with Crippen LogP contribution in [-0.2, 0) is 16.6 Å². The van der Waals surface area contributed by atoms with Crippen LogP contribution in [0.1, 0.15) is 12.8 Å². The van der Waals surface area contributed by atoms with E-state index in [2.05, 4.69) is 15.1 Å². The van der Waals surface area contributed by atoms with Crippen molar-refractivity contribution in [2.24, 2.45) is 0 Å². The Balaban J connectivity index is 1.71. The molecule has 0 aliphatic carbocycles. The number of hydrogen-bond donors (Lipinski definition) is 2. The maximum Gasteiger partial charge on any atom is 0.209 e. The minimum atomic E-state index is -3.21. The van der Waals surface area contributed by atoms with Crippen molar-refractivity contribution in [2.45, 2.75) is 31.5 Å². The Labute approximate surface area is 137 Å². The Hall–Kier alpha value is -1.70. The summed E-state index contributed by atoms with van der Waals surface area (Å²) in [7, 11) is -3.21. The fourth-order valence-corrected chi connectivity index (χ4v) is 3.82. The van der Waals surface area contributed by atoms with E-state index in [4.69, 9.17) is 0 Å². The van der Waals surface area contributed by atoms with Gasteiger partial charge >= 0.3 is 0 Å². The van der Waals surface area contributed by atoms with Gasteiger partial charge in [-0.3, -0.25) is 4.68 Å². The third kappa shape index (κ3) is 4.40. The summed E-state index contributed by atoms with van der Waals surface area (Å²) in [6, 6.07) is 11.9. The fraction of sp³-hybridized carbons (Fsp3) is 0.438. The van der Waals surface area contributed by atoms with Crippen molar-refractivity contribution in [3.8, 4) is 11.3 Å². The van der Waals surface area contributed by atoms with E-state index in [1.54, 1.807) is 0 Å². The molecule has 1 saturated heterocycles. The van der Waals surface area contributed by atoms with Gasteiger partial charge in [-0.15, -0.1) is 0 Å². The number of benzene rings is 1. The van der Waals surface area contributed by atoms with Crippen LogP contribution in [0.25, 0.3) is 11.3 Å². The molecule has 1 aromatic heterocycles. The minimum Gasteiger partial charge on any atom is -0.311 e. The van der Waals surface area contributed by atoms with E-state index in [9.17, 15) is 8.42 Å². The van der Waals surface area contributed by atoms with Gasteiger partial charge < -0.3 is 5.32 Å². The van der Waals surface area contributed by atoms with Gasteiger partial charge in [-0.05, 0) is 25.5 Å². The lowest BCUT2D eigenvalue weighted by molar-refractivity contribution is 0.294. The third-order valence-electron chi connectivity index (χ3n) is 4.04. The molecule has 2 atom stereocenters. The largest absolute Gasteiger partial charge is 0.311 e. The third-order valence-corrected chi connectivity index (χ3v) is 4.77. The van der Waals surface area contributed by atoms with Crippen molar-refractivity contribution in [3.05, 3.63) is 42.6 Å². The predicted molar refractivity (Wildman–Crippen MR) is 90.5 cm³/mol. The van der Waals surface area contributed by atoms with Crippen molar-refractivity contribution in [3.63, 3.8) is 0 Å². The van der Waals surface area contributed by atoms with Gasteiger partial charge in [0.05, 0.1) is 18.5 Å². The van der Waals surface area contributed by atoms with Crippen molar-refractivity contribution in [2.75, 3.05) is 12.8 Å². The lowest BCUT2D eigenvalue weighted by atomic mass is 9.99. The topological polar surface area (TPSA) is 76.0 Å². The molecule has 1 aliphatic heterocycles. The van der Waals surface area contributed by atoms with Crippen molar-refractivity contribution in [1.29, 1.82) is 0 Å². The highest BCUT2D eigenvalue weighted by Crippen LogP contribution is 2.17. The summed E-state index contributed by atoms with van der Waals surface area (Å²) < 4.78 is 27.7. The number of nitrogens with zero attached hydrogens (tertiary/aromatic N) is 2. The summed E-state index contributed by atoms with van der Waals surface area (Å²) in [6.07, 6.45) is 4.96. The van der Waals surface area contributed by atoms with Gasteiger partial charge in [0.2, 0.25) is 10.0 Å². The Morgan fingerprint density at radius 3 is 2.83 bits per heavy atom. The van der Waals surface area contributed by atoms with E-state index >= 15 is 0 Å². The Kier molecular flexibility index (Phi) is 4.79. The van der Waals surface area contributed by atoms with E-state index in [1.165, 1.54) is 6.26 Å². The smallest absolute Gasteiger partial charge is 0.209 e. The van der Waals surface area contributed by atoms with E-state index in [0.29, 0.717) is 6.54 Å². The molecule has 1 aliphatic rings. The summed E-state index contributed by atoms with van der Waals surface area (Å²) >= 11 is 0. The second-order valence-electron chi connectivity index (χ2n) is 5.99. The molecule has 0 bridgehead atoms. The zero-order valence-corrected chi connectivity index (χ0v) is 14.0. The van der Waals surface area contributed by atoms with Gasteiger partial charge in [0, 0.05) is 23.8 Å². The zero-order valence-electron chi connectivity index (χ0n) is 13.1. The molecule has 0 radical (unpaired) electrons. The maximum absolute atomic E-state index is 11.5. The summed E-state index contributed by atoms with van der Waals surface area (Å²) in [6.45, 7) is 1.54. The fourth-order valence-electron chi connectivity index (χ4n) is 2.99. The second kappa shape index (κ2) is 6.82. The normalized spacial score (nSPS) is 22.1. The molecule has 1 fully saturated rings. The van der Waals surface area contributed by atoms with E-state index in [-0.39, 0.29) is 12.1 Å². The lowest BCUT2D eigenvalue weighted by Crippen LogP contribution is -2.54. The average Bonchev–Trinajstić information content (AvgIpc) is 2.97. The molecule has 0 amide bonds. The summed E-state index contributed by atoms with van der Waals surface area (Å²) in [5.41, 5.74) is 2.00. The molecule has 124 valence electrons. The van der Waals surface area contributed by atoms with Gasteiger partial charge in [-0.1, -0.05) is 30.3 Å². The Morgan fingerprint density at radius 1 is 1.30 bits per heavy atom. The molecule has 7 heteroatoms. The molecule has 2 aromatic rings. The average molecular weight is 334 g/mol. The van der Waals surface area contributed by atoms with Gasteiger partial charge in [-0.2, -0.15) is 5.10 Å². The molecule has 2 N–H and O–H groups in total. The summed E-state index contributed by atoms with van der Waals surface area (Å²) in [5, 5.41) is 8.01. The first-order valence-corrected chi connectivity index (χ1v) is 9.70. The molecule has 0 saturated carbocycles. The van der Waals surface area contributed by atoms with Gasteiger partial charge in [0.15, 0.2) is 0 Å². The number of rotatable bonds is 5. The monoisotopic (exact) mass is 334 g/mol. The zero-order chi connectivity index (χ0) is 16.3. The molecule has 23 heavy (non-hydrogen) atoms. The van der Waals surface area contributed by atoms with Gasteiger partial charge in [0.1, 0.15) is 0 Å². The lowest BCUT2D eigenvalue weighted by Gasteiger charge is -2.32. The summed E-state index contributed by atoms with van der Waals surface area (Å²) in [4.78, 5) is 0. The first kappa shape index (κ1) is 16.2. The van der Waals surface area contributed by atoms with Crippen LogP contribution >= 0.6 is 0 Å². The maximum atomic E-state index is 11.5. The van der Waals surface area contributed by atoms with Crippen molar-refractivity contribution < 1.29 is 8.42 Å². The molecular weight excluding hydrogens is 312 g/mol. The minimum absolute atomic E-state index is 0.0435. The van der Waals surface area contributed by atoms with E-state index in [1.807, 2.05) is 47.3 Å². The molecular formula is C16H22N4O2S. The van der Waals surface area contributed by atoms with Crippen LogP contribution in [0, 0.1) is 0 Å². The van der Waals surface area contributed by atoms with Crippen molar-refractivity contribution in [1.82, 2.24) is 19.8 Å². The second-order valence-corrected chi connectivity index (χ2v) is 7.77. The highest BCUT2D eigenvalue weighted by Gasteiger charge is 2.27. The molecule has 0 unspecified atom stereocenters. The first-order chi connectivity index (χ1) is 11.0. The van der Waals surface area contributed by atoms with Crippen molar-refractivity contribution >= 4 is 10.0 Å². The number of sulfonamides is 1. The van der Waals surface area contributed by atoms with Gasteiger partial charge in [0.25, 0.3) is 0 Å². The van der Waals surface area contributed by atoms with Crippen LogP contribution in [0.3, 0.4) is 0 Å². The standard InChI is InChI=1S/C16H22N4O2S/c1-23(21,22)19-15-8-5-10-17-16(15)12-20-11-9-14(18-20)13-6-3-2-4-7-13/h2-4,6-7,9,11,15-17,19H,5,8,10,12H2,1H3/t15-,16-/m1/s1. The number of aromatic nitrogens is 2. The number of hydrogen-bond acceptors (Lipinski definition) is 4. The van der Waals surface area contributed by atoms with Crippen LogP contribution in [0.5, 0.6) is 0 Å². The molecule has 2 heterocycles. The predicted octanol–water partition coefficient (Wildman–Crippen LogP) is 1.22. The van der Waals surface area contributed by atoms with Crippen LogP contribution in [0.2, 0.25) is 0 Å². The number of nitrogens with one attached hydrogen (secondary N) is 2. The van der Waals surface area contributed by atoms with Crippen LogP contribution in [0.4, 0.5) is 0 Å². The van der Waals surface area contributed by atoms with E-state index in [0.717, 1.165) is 30.6 Å². The Morgan fingerprint density at radius 2 is 2.09 bits per heavy atom. The molecule has 0 spiro atoms. The number of piperidine rings is 1. The summed E-state index contributed by atoms with van der Waals surface area (Å²) in [5.74, 6) is 0. The molecule has 3 rings (SSSR count). The highest BCUT2D eigenvalue weighted by atomic mass is 32.2. The first-order valence-electron chi connectivity index (χ1n) is 7.81. The quantitative estimate of drug-likeness (QED) is 0.862. The van der Waals surface area contributed by atoms with Gasteiger partial charge in [-0.25, -0.2) is 13.1 Å². The Bertz CT molecular complexity index is 742. The molecule has 6 nitrogen and oxygen atoms in total. The van der Waals surface area contributed by atoms with Crippen LogP contribution < -0.4 is 10.0 Å².